The number of carboxylic acid groups (broad SMARTS) is 1. The van der Waals surface area contributed by atoms with Crippen molar-refractivity contribution in [3.8, 4) is 0 Å². The Hall–Kier alpha value is -3.00. The molecule has 0 radical (unpaired) electrons. The summed E-state index contributed by atoms with van der Waals surface area (Å²) in [6.07, 6.45) is -0.408. The average Bonchev–Trinajstić information content (AvgIpc) is 3.06. The summed E-state index contributed by atoms with van der Waals surface area (Å²) in [5.41, 5.74) is 0.338. The first-order chi connectivity index (χ1) is 13.2. The molecule has 2 aromatic carbocycles. The zero-order valence-electron chi connectivity index (χ0n) is 15.4. The van der Waals surface area contributed by atoms with Crippen LogP contribution in [0.25, 0.3) is 0 Å². The number of likely N-dealkylation sites (tertiary alicyclic amines) is 1. The molecular formula is C20H20F2N2O4. The molecule has 1 aliphatic rings. The molecule has 3 N–H and O–H groups in total. The summed E-state index contributed by atoms with van der Waals surface area (Å²) < 4.78 is 29.4. The highest BCUT2D eigenvalue weighted by Crippen LogP contribution is 2.31. The van der Waals surface area contributed by atoms with Gasteiger partial charge in [0.1, 0.15) is 0 Å². The minimum absolute atomic E-state index is 0.00907. The number of nitrogens with one attached hydrogen (secondary N) is 1. The molecule has 0 aromatic heterocycles. The van der Waals surface area contributed by atoms with Gasteiger partial charge in [-0.15, -0.1) is 0 Å². The van der Waals surface area contributed by atoms with Crippen LogP contribution in [0.15, 0.2) is 24.3 Å². The monoisotopic (exact) mass is 390 g/mol. The lowest BCUT2D eigenvalue weighted by Gasteiger charge is -2.19. The van der Waals surface area contributed by atoms with Crippen LogP contribution in [-0.4, -0.2) is 46.2 Å². The number of halogens is 2. The van der Waals surface area contributed by atoms with Crippen molar-refractivity contribution in [1.29, 1.82) is 0 Å². The maximum Gasteiger partial charge on any atom is 0.337 e. The predicted molar refractivity (Wildman–Crippen MR) is 99.0 cm³/mol. The quantitative estimate of drug-likeness (QED) is 0.746. The lowest BCUT2D eigenvalue weighted by molar-refractivity contribution is 0.0697. The molecule has 1 amide bonds. The Morgan fingerprint density at radius 1 is 1.14 bits per heavy atom. The molecule has 0 saturated carbocycles. The lowest BCUT2D eigenvalue weighted by Crippen LogP contribution is -2.31. The number of aliphatic hydroxyl groups excluding tert-OH is 1. The van der Waals surface area contributed by atoms with E-state index in [-0.39, 0.29) is 13.1 Å². The van der Waals surface area contributed by atoms with E-state index in [9.17, 15) is 28.6 Å². The predicted octanol–water partition coefficient (Wildman–Crippen LogP) is 3.23. The van der Waals surface area contributed by atoms with Crippen molar-refractivity contribution in [2.45, 2.75) is 26.4 Å². The zero-order valence-corrected chi connectivity index (χ0v) is 15.4. The molecule has 0 spiro atoms. The van der Waals surface area contributed by atoms with Crippen molar-refractivity contribution in [2.75, 3.05) is 18.4 Å². The Morgan fingerprint density at radius 2 is 1.86 bits per heavy atom. The van der Waals surface area contributed by atoms with E-state index < -0.39 is 46.4 Å². The first-order valence-electron chi connectivity index (χ1n) is 8.76. The number of aromatic carboxylic acids is 1. The number of anilines is 2. The fourth-order valence-electron chi connectivity index (χ4n) is 3.26. The Bertz CT molecular complexity index is 962. The van der Waals surface area contributed by atoms with Crippen LogP contribution in [0.5, 0.6) is 0 Å². The van der Waals surface area contributed by atoms with Crippen LogP contribution in [0.1, 0.15) is 38.3 Å². The van der Waals surface area contributed by atoms with Gasteiger partial charge in [-0.2, -0.15) is 0 Å². The summed E-state index contributed by atoms with van der Waals surface area (Å²) in [6.45, 7) is 3.80. The van der Waals surface area contributed by atoms with Crippen molar-refractivity contribution in [3.05, 3.63) is 58.2 Å². The number of amides is 1. The number of aryl methyl sites for hydroxylation is 2. The molecule has 148 valence electrons. The fourth-order valence-corrected chi connectivity index (χ4v) is 3.26. The van der Waals surface area contributed by atoms with Crippen molar-refractivity contribution in [2.24, 2.45) is 0 Å². The minimum atomic E-state index is -1.50. The zero-order chi connectivity index (χ0) is 20.6. The van der Waals surface area contributed by atoms with Gasteiger partial charge in [0.15, 0.2) is 11.6 Å². The molecule has 1 saturated heterocycles. The SMILES string of the molecule is Cc1ccc(Nc2c(C(=O)O)cc(C(=O)N3CCC(O)C3)c(F)c2F)c(C)c1. The summed E-state index contributed by atoms with van der Waals surface area (Å²) in [6, 6.07) is 6.03. The van der Waals surface area contributed by atoms with Crippen molar-refractivity contribution in [1.82, 2.24) is 4.90 Å². The van der Waals surface area contributed by atoms with E-state index in [0.29, 0.717) is 12.1 Å². The number of carbonyl (C=O) groups excluding carboxylic acids is 1. The molecule has 0 bridgehead atoms. The number of carbonyl (C=O) groups is 2. The summed E-state index contributed by atoms with van der Waals surface area (Å²) in [5, 5.41) is 21.7. The number of rotatable bonds is 4. The van der Waals surface area contributed by atoms with Gasteiger partial charge in [0.2, 0.25) is 0 Å². The Labute approximate surface area is 160 Å². The van der Waals surface area contributed by atoms with E-state index in [0.717, 1.165) is 17.2 Å². The number of aliphatic hydroxyl groups is 1. The fraction of sp³-hybridized carbons (Fsp3) is 0.300. The first kappa shape index (κ1) is 19.8. The van der Waals surface area contributed by atoms with Crippen molar-refractivity contribution < 1.29 is 28.6 Å². The number of β-amino-alcohol motifs (C(OH)–C–C–N with tert-alkyl or cyclic N) is 1. The molecule has 8 heteroatoms. The third-order valence-corrected chi connectivity index (χ3v) is 4.76. The summed E-state index contributed by atoms with van der Waals surface area (Å²) in [4.78, 5) is 25.3. The van der Waals surface area contributed by atoms with Crippen LogP contribution >= 0.6 is 0 Å². The second kappa shape index (κ2) is 7.55. The summed E-state index contributed by atoms with van der Waals surface area (Å²) in [5.74, 6) is -5.22. The van der Waals surface area contributed by atoms with Crippen molar-refractivity contribution in [3.63, 3.8) is 0 Å². The third kappa shape index (κ3) is 3.68. The molecule has 1 fully saturated rings. The van der Waals surface area contributed by atoms with Gasteiger partial charge >= 0.3 is 5.97 Å². The maximum atomic E-state index is 14.8. The molecule has 28 heavy (non-hydrogen) atoms. The molecule has 0 aliphatic carbocycles. The van der Waals surface area contributed by atoms with E-state index in [4.69, 9.17) is 0 Å². The van der Waals surface area contributed by atoms with Crippen LogP contribution in [0.4, 0.5) is 20.2 Å². The maximum absolute atomic E-state index is 14.8. The third-order valence-electron chi connectivity index (χ3n) is 4.76. The van der Waals surface area contributed by atoms with Gasteiger partial charge in [-0.3, -0.25) is 4.79 Å². The standard InChI is InChI=1S/C20H20F2N2O4/c1-10-3-4-15(11(2)7-10)23-18-14(20(27)28)8-13(16(21)17(18)22)19(26)24-6-5-12(25)9-24/h3-4,7-8,12,23,25H,5-6,9H2,1-2H3,(H,27,28). The highest BCUT2D eigenvalue weighted by Gasteiger charge is 2.31. The minimum Gasteiger partial charge on any atom is -0.478 e. The Morgan fingerprint density at radius 3 is 2.43 bits per heavy atom. The number of nitrogens with zero attached hydrogens (tertiary/aromatic N) is 1. The van der Waals surface area contributed by atoms with Crippen molar-refractivity contribution >= 4 is 23.3 Å². The number of carboxylic acids is 1. The average molecular weight is 390 g/mol. The molecule has 2 aromatic rings. The van der Waals surface area contributed by atoms with Gasteiger partial charge < -0.3 is 20.4 Å². The number of benzene rings is 2. The largest absolute Gasteiger partial charge is 0.478 e. The molecule has 3 rings (SSSR count). The van der Waals surface area contributed by atoms with E-state index in [1.165, 1.54) is 4.90 Å². The van der Waals surface area contributed by atoms with E-state index in [1.807, 2.05) is 13.0 Å². The number of hydrogen-bond acceptors (Lipinski definition) is 4. The van der Waals surface area contributed by atoms with E-state index >= 15 is 0 Å². The van der Waals surface area contributed by atoms with E-state index in [1.54, 1.807) is 19.1 Å². The Kier molecular flexibility index (Phi) is 5.33. The van der Waals surface area contributed by atoms with Gasteiger partial charge in [0.05, 0.1) is 22.9 Å². The molecule has 1 heterocycles. The highest BCUT2D eigenvalue weighted by molar-refractivity contribution is 6.01. The highest BCUT2D eigenvalue weighted by atomic mass is 19.2. The smallest absolute Gasteiger partial charge is 0.337 e. The normalized spacial score (nSPS) is 16.3. The van der Waals surface area contributed by atoms with Gasteiger partial charge in [-0.25, -0.2) is 13.6 Å². The van der Waals surface area contributed by atoms with Gasteiger partial charge in [-0.1, -0.05) is 17.7 Å². The van der Waals surface area contributed by atoms with Crippen LogP contribution in [0.3, 0.4) is 0 Å². The van der Waals surface area contributed by atoms with Gasteiger partial charge in [0, 0.05) is 18.8 Å². The molecule has 1 unspecified atom stereocenters. The lowest BCUT2D eigenvalue weighted by atomic mass is 10.0. The second-order valence-electron chi connectivity index (χ2n) is 6.92. The molecule has 1 aliphatic heterocycles. The van der Waals surface area contributed by atoms with Crippen LogP contribution in [0.2, 0.25) is 0 Å². The molecular weight excluding hydrogens is 370 g/mol. The Balaban J connectivity index is 2.05. The van der Waals surface area contributed by atoms with Crippen LogP contribution in [-0.2, 0) is 0 Å². The molecule has 6 nitrogen and oxygen atoms in total. The first-order valence-corrected chi connectivity index (χ1v) is 8.76. The number of hydrogen-bond donors (Lipinski definition) is 3. The molecule has 1 atom stereocenters. The van der Waals surface area contributed by atoms with Crippen LogP contribution in [0, 0.1) is 25.5 Å². The van der Waals surface area contributed by atoms with Crippen LogP contribution < -0.4 is 5.32 Å². The summed E-state index contributed by atoms with van der Waals surface area (Å²) >= 11 is 0. The van der Waals surface area contributed by atoms with Gasteiger partial charge in [-0.05, 0) is 38.0 Å². The second-order valence-corrected chi connectivity index (χ2v) is 6.92. The topological polar surface area (TPSA) is 89.9 Å². The summed E-state index contributed by atoms with van der Waals surface area (Å²) in [7, 11) is 0. The van der Waals surface area contributed by atoms with Gasteiger partial charge in [0.25, 0.3) is 5.91 Å². The van der Waals surface area contributed by atoms with E-state index in [2.05, 4.69) is 5.32 Å².